The van der Waals surface area contributed by atoms with E-state index >= 15 is 0 Å². The summed E-state index contributed by atoms with van der Waals surface area (Å²) < 4.78 is 0.590. The molecule has 0 aromatic carbocycles. The molecule has 4 heteroatoms. The summed E-state index contributed by atoms with van der Waals surface area (Å²) in [4.78, 5) is 7.04. The molecule has 0 bridgehead atoms. The van der Waals surface area contributed by atoms with Crippen LogP contribution in [-0.2, 0) is 6.54 Å². The largest absolute Gasteiger partial charge is 0.295 e. The van der Waals surface area contributed by atoms with E-state index in [-0.39, 0.29) is 0 Å². The van der Waals surface area contributed by atoms with Crippen LogP contribution < -0.4 is 0 Å². The quantitative estimate of drug-likeness (QED) is 0.818. The average molecular weight is 268 g/mol. The Morgan fingerprint density at radius 2 is 2.18 bits per heavy atom. The van der Waals surface area contributed by atoms with Crippen molar-refractivity contribution in [2.45, 2.75) is 43.4 Å². The molecule has 1 aromatic rings. The number of aromatic nitrogens is 1. The smallest absolute Gasteiger partial charge is 0.0795 e. The molecule has 1 aromatic heterocycles. The average Bonchev–Trinajstić information content (AvgIpc) is 2.83. The predicted octanol–water partition coefficient (Wildman–Crippen LogP) is 3.39. The first-order valence-corrected chi connectivity index (χ1v) is 8.53. The third-order valence-corrected chi connectivity index (χ3v) is 6.13. The summed E-state index contributed by atoms with van der Waals surface area (Å²) in [5.74, 6) is 1.31. The Bertz CT molecular complexity index is 339. The fraction of sp³-hybridized carbons (Fsp3) is 0.769. The maximum atomic E-state index is 4.41. The van der Waals surface area contributed by atoms with Crippen molar-refractivity contribution in [1.29, 1.82) is 0 Å². The van der Waals surface area contributed by atoms with Gasteiger partial charge in [0, 0.05) is 35.5 Å². The molecule has 94 valence electrons. The van der Waals surface area contributed by atoms with Crippen molar-refractivity contribution in [3.63, 3.8) is 0 Å². The molecule has 0 unspecified atom stereocenters. The number of rotatable bonds is 2. The zero-order chi connectivity index (χ0) is 11.6. The molecular weight excluding hydrogens is 248 g/mol. The van der Waals surface area contributed by atoms with Crippen molar-refractivity contribution in [3.05, 3.63) is 16.6 Å². The van der Waals surface area contributed by atoms with Crippen LogP contribution in [0.25, 0.3) is 0 Å². The van der Waals surface area contributed by atoms with E-state index in [4.69, 9.17) is 0 Å². The van der Waals surface area contributed by atoms with E-state index in [1.807, 2.05) is 5.51 Å². The number of nitrogens with zero attached hydrogens (tertiary/aromatic N) is 2. The van der Waals surface area contributed by atoms with Crippen LogP contribution in [-0.4, -0.2) is 33.5 Å². The highest BCUT2D eigenvalue weighted by molar-refractivity contribution is 8.00. The van der Waals surface area contributed by atoms with Crippen molar-refractivity contribution in [1.82, 2.24) is 9.88 Å². The highest BCUT2D eigenvalue weighted by atomic mass is 32.2. The zero-order valence-electron chi connectivity index (χ0n) is 10.2. The molecule has 1 aliphatic heterocycles. The standard InChI is InChI=1S/C13H20N2S2/c1-2-4-13(5-3-1)10-15(6-7-17-13)8-12-9-16-11-14-12/h9,11H,1-8,10H2. The lowest BCUT2D eigenvalue weighted by atomic mass is 9.87. The molecule has 0 N–H and O–H groups in total. The predicted molar refractivity (Wildman–Crippen MR) is 75.7 cm³/mol. The SMILES string of the molecule is c1nc(CN2CCSC3(CCCCC3)C2)cs1. The molecule has 2 aliphatic rings. The molecule has 1 saturated heterocycles. The Hall–Kier alpha value is -0.0600. The number of thiazole rings is 1. The Morgan fingerprint density at radius 3 is 2.94 bits per heavy atom. The first-order chi connectivity index (χ1) is 8.36. The second kappa shape index (κ2) is 5.29. The van der Waals surface area contributed by atoms with Crippen LogP contribution in [0.4, 0.5) is 0 Å². The lowest BCUT2D eigenvalue weighted by molar-refractivity contribution is 0.211. The van der Waals surface area contributed by atoms with E-state index in [1.54, 1.807) is 11.3 Å². The molecule has 0 radical (unpaired) electrons. The van der Waals surface area contributed by atoms with Gasteiger partial charge in [0.2, 0.25) is 0 Å². The Labute approximate surface area is 112 Å². The molecule has 17 heavy (non-hydrogen) atoms. The fourth-order valence-electron chi connectivity index (χ4n) is 3.10. The maximum absolute atomic E-state index is 4.41. The van der Waals surface area contributed by atoms with Gasteiger partial charge in [0.25, 0.3) is 0 Å². The Morgan fingerprint density at radius 1 is 1.29 bits per heavy atom. The van der Waals surface area contributed by atoms with Gasteiger partial charge in [0.1, 0.15) is 0 Å². The molecule has 0 amide bonds. The van der Waals surface area contributed by atoms with Crippen LogP contribution in [0.15, 0.2) is 10.9 Å². The van der Waals surface area contributed by atoms with Crippen molar-refractivity contribution in [2.75, 3.05) is 18.8 Å². The number of hydrogen-bond acceptors (Lipinski definition) is 4. The Balaban J connectivity index is 1.62. The van der Waals surface area contributed by atoms with Crippen LogP contribution in [0.2, 0.25) is 0 Å². The first kappa shape index (κ1) is 12.0. The minimum absolute atomic E-state index is 0.590. The van der Waals surface area contributed by atoms with Crippen LogP contribution >= 0.6 is 23.1 Å². The van der Waals surface area contributed by atoms with Crippen molar-refractivity contribution in [3.8, 4) is 0 Å². The summed E-state index contributed by atoms with van der Waals surface area (Å²) in [6.45, 7) is 3.59. The molecule has 2 heterocycles. The van der Waals surface area contributed by atoms with Crippen LogP contribution in [0.3, 0.4) is 0 Å². The molecule has 0 atom stereocenters. The molecule has 2 fully saturated rings. The number of hydrogen-bond donors (Lipinski definition) is 0. The zero-order valence-corrected chi connectivity index (χ0v) is 11.9. The summed E-state index contributed by atoms with van der Waals surface area (Å²) >= 11 is 3.96. The van der Waals surface area contributed by atoms with Crippen LogP contribution in [0, 0.1) is 0 Å². The molecule has 1 spiro atoms. The van der Waals surface area contributed by atoms with E-state index in [9.17, 15) is 0 Å². The number of thioether (sulfide) groups is 1. The van der Waals surface area contributed by atoms with Gasteiger partial charge in [0.15, 0.2) is 0 Å². The van der Waals surface area contributed by atoms with Crippen molar-refractivity contribution >= 4 is 23.1 Å². The second-order valence-corrected chi connectivity index (χ2v) is 7.56. The second-order valence-electron chi connectivity index (χ2n) is 5.28. The van der Waals surface area contributed by atoms with Gasteiger partial charge >= 0.3 is 0 Å². The minimum atomic E-state index is 0.590. The summed E-state index contributed by atoms with van der Waals surface area (Å²) in [5, 5.41) is 2.19. The van der Waals surface area contributed by atoms with Gasteiger partial charge in [-0.15, -0.1) is 11.3 Å². The molecule has 1 saturated carbocycles. The Kier molecular flexibility index (Phi) is 3.73. The first-order valence-electron chi connectivity index (χ1n) is 6.60. The third-order valence-electron chi connectivity index (χ3n) is 3.96. The summed E-state index contributed by atoms with van der Waals surface area (Å²) in [6, 6.07) is 0. The van der Waals surface area contributed by atoms with Gasteiger partial charge in [-0.25, -0.2) is 4.98 Å². The van der Waals surface area contributed by atoms with Gasteiger partial charge < -0.3 is 0 Å². The van der Waals surface area contributed by atoms with E-state index in [2.05, 4.69) is 27.0 Å². The maximum Gasteiger partial charge on any atom is 0.0795 e. The molecule has 1 aliphatic carbocycles. The van der Waals surface area contributed by atoms with E-state index in [0.29, 0.717) is 4.75 Å². The summed E-state index contributed by atoms with van der Waals surface area (Å²) in [5.41, 5.74) is 3.21. The highest BCUT2D eigenvalue weighted by Crippen LogP contribution is 2.42. The normalized spacial score (nSPS) is 25.2. The minimum Gasteiger partial charge on any atom is -0.295 e. The van der Waals surface area contributed by atoms with E-state index in [0.717, 1.165) is 6.54 Å². The molecule has 3 rings (SSSR count). The van der Waals surface area contributed by atoms with E-state index < -0.39 is 0 Å². The van der Waals surface area contributed by atoms with Crippen LogP contribution in [0.5, 0.6) is 0 Å². The van der Waals surface area contributed by atoms with Gasteiger partial charge in [0.05, 0.1) is 11.2 Å². The third kappa shape index (κ3) is 2.85. The van der Waals surface area contributed by atoms with Gasteiger partial charge in [-0.1, -0.05) is 19.3 Å². The van der Waals surface area contributed by atoms with Crippen molar-refractivity contribution in [2.24, 2.45) is 0 Å². The topological polar surface area (TPSA) is 16.1 Å². The van der Waals surface area contributed by atoms with Gasteiger partial charge in [-0.2, -0.15) is 11.8 Å². The highest BCUT2D eigenvalue weighted by Gasteiger charge is 2.37. The molecule has 2 nitrogen and oxygen atoms in total. The van der Waals surface area contributed by atoms with Crippen molar-refractivity contribution < 1.29 is 0 Å². The van der Waals surface area contributed by atoms with Gasteiger partial charge in [-0.05, 0) is 12.8 Å². The van der Waals surface area contributed by atoms with E-state index in [1.165, 1.54) is 56.6 Å². The van der Waals surface area contributed by atoms with Crippen LogP contribution in [0.1, 0.15) is 37.8 Å². The monoisotopic (exact) mass is 268 g/mol. The molecular formula is C13H20N2S2. The fourth-order valence-corrected chi connectivity index (χ4v) is 5.29. The lowest BCUT2D eigenvalue weighted by Gasteiger charge is -2.44. The summed E-state index contributed by atoms with van der Waals surface area (Å²) in [6.07, 6.45) is 7.21. The lowest BCUT2D eigenvalue weighted by Crippen LogP contribution is -2.47. The summed E-state index contributed by atoms with van der Waals surface area (Å²) in [7, 11) is 0. The van der Waals surface area contributed by atoms with Gasteiger partial charge in [-0.3, -0.25) is 4.90 Å².